The van der Waals surface area contributed by atoms with E-state index >= 15 is 0 Å². The van der Waals surface area contributed by atoms with Gasteiger partial charge in [-0.05, 0) is 42.8 Å². The molecule has 21 heavy (non-hydrogen) atoms. The normalized spacial score (nSPS) is 41.3. The van der Waals surface area contributed by atoms with Crippen LogP contribution in [-0.2, 0) is 14.3 Å². The van der Waals surface area contributed by atoms with Crippen LogP contribution in [0.3, 0.4) is 0 Å². The molecule has 0 bridgehead atoms. The Hall–Kier alpha value is -0.460. The fourth-order valence-corrected chi connectivity index (χ4v) is 7.73. The lowest BCUT2D eigenvalue weighted by Gasteiger charge is -2.49. The van der Waals surface area contributed by atoms with Crippen LogP contribution in [0.25, 0.3) is 0 Å². The lowest BCUT2D eigenvalue weighted by atomic mass is 9.66. The van der Waals surface area contributed by atoms with Crippen LogP contribution < -0.4 is 0 Å². The molecule has 1 spiro atoms. The smallest absolute Gasteiger partial charge is 0.318 e. The molecule has 0 aromatic carbocycles. The van der Waals surface area contributed by atoms with Crippen LogP contribution in [-0.4, -0.2) is 38.7 Å². The molecule has 4 rings (SSSR count). The van der Waals surface area contributed by atoms with Gasteiger partial charge in [0.25, 0.3) is 0 Å². The standard InChI is InChI=1S/C15H18O4S2/c16-10-4-5-15(20-6-1-7-21-15)9-3-2-8-11(12(9)10)14(18)19-13(8)17/h3,8,10-12,16H,1-2,4-7H2/t8-,10+,11-,12-/m0/s1. The Balaban J connectivity index is 1.75. The fraction of sp³-hybridized carbons (Fsp3) is 0.733. The van der Waals surface area contributed by atoms with E-state index in [9.17, 15) is 14.7 Å². The Kier molecular flexibility index (Phi) is 3.39. The van der Waals surface area contributed by atoms with Crippen molar-refractivity contribution in [1.82, 2.24) is 0 Å². The van der Waals surface area contributed by atoms with E-state index in [1.54, 1.807) is 0 Å². The third kappa shape index (κ3) is 2.02. The number of allylic oxidation sites excluding steroid dienone is 1. The summed E-state index contributed by atoms with van der Waals surface area (Å²) in [6.45, 7) is 0. The van der Waals surface area contributed by atoms with Crippen LogP contribution >= 0.6 is 23.5 Å². The number of hydrogen-bond acceptors (Lipinski definition) is 6. The molecular weight excluding hydrogens is 308 g/mol. The van der Waals surface area contributed by atoms with Crippen LogP contribution in [0.2, 0.25) is 0 Å². The van der Waals surface area contributed by atoms with Crippen molar-refractivity contribution < 1.29 is 19.4 Å². The highest BCUT2D eigenvalue weighted by Crippen LogP contribution is 2.60. The van der Waals surface area contributed by atoms with Gasteiger partial charge in [0.05, 0.1) is 22.0 Å². The van der Waals surface area contributed by atoms with Gasteiger partial charge in [0.15, 0.2) is 0 Å². The Morgan fingerprint density at radius 3 is 2.71 bits per heavy atom. The Labute approximate surface area is 132 Å². The van der Waals surface area contributed by atoms with Gasteiger partial charge in [-0.3, -0.25) is 9.59 Å². The van der Waals surface area contributed by atoms with Crippen molar-refractivity contribution in [3.63, 3.8) is 0 Å². The molecule has 0 radical (unpaired) electrons. The van der Waals surface area contributed by atoms with Gasteiger partial charge in [-0.25, -0.2) is 0 Å². The first-order chi connectivity index (χ1) is 10.1. The topological polar surface area (TPSA) is 63.6 Å². The second-order valence-corrected chi connectivity index (χ2v) is 9.25. The van der Waals surface area contributed by atoms with Crippen molar-refractivity contribution in [2.45, 2.75) is 35.9 Å². The fourth-order valence-electron chi connectivity index (χ4n) is 4.18. The zero-order valence-electron chi connectivity index (χ0n) is 11.6. The first-order valence-corrected chi connectivity index (χ1v) is 9.51. The van der Waals surface area contributed by atoms with Gasteiger partial charge in [-0.2, -0.15) is 0 Å². The molecule has 4 atom stereocenters. The predicted octanol–water partition coefficient (Wildman–Crippen LogP) is 1.97. The van der Waals surface area contributed by atoms with Crippen molar-refractivity contribution >= 4 is 35.5 Å². The van der Waals surface area contributed by atoms with E-state index < -0.39 is 24.0 Å². The molecule has 4 aliphatic rings. The Morgan fingerprint density at radius 1 is 1.19 bits per heavy atom. The van der Waals surface area contributed by atoms with E-state index in [2.05, 4.69) is 6.08 Å². The highest BCUT2D eigenvalue weighted by Gasteiger charge is 2.58. The molecule has 2 heterocycles. The summed E-state index contributed by atoms with van der Waals surface area (Å²) in [4.78, 5) is 23.9. The summed E-state index contributed by atoms with van der Waals surface area (Å²) in [6, 6.07) is 0. The number of carbonyl (C=O) groups excluding carboxylic acids is 2. The third-order valence-electron chi connectivity index (χ3n) is 5.13. The van der Waals surface area contributed by atoms with Crippen LogP contribution in [0.4, 0.5) is 0 Å². The van der Waals surface area contributed by atoms with Gasteiger partial charge < -0.3 is 9.84 Å². The molecule has 0 aromatic heterocycles. The van der Waals surface area contributed by atoms with Gasteiger partial charge in [0, 0.05) is 5.92 Å². The Morgan fingerprint density at radius 2 is 1.95 bits per heavy atom. The third-order valence-corrected chi connectivity index (χ3v) is 8.63. The van der Waals surface area contributed by atoms with E-state index in [1.165, 1.54) is 12.0 Å². The number of aliphatic hydroxyl groups is 1. The molecule has 1 N–H and O–H groups in total. The zero-order valence-corrected chi connectivity index (χ0v) is 13.3. The second kappa shape index (κ2) is 5.03. The van der Waals surface area contributed by atoms with Crippen LogP contribution in [0.1, 0.15) is 25.7 Å². The number of rotatable bonds is 0. The lowest BCUT2D eigenvalue weighted by molar-refractivity contribution is -0.154. The minimum Gasteiger partial charge on any atom is -0.393 e. The number of cyclic esters (lactones) is 2. The molecule has 2 saturated heterocycles. The summed E-state index contributed by atoms with van der Waals surface area (Å²) in [5.74, 6) is 0.352. The molecule has 114 valence electrons. The molecule has 6 heteroatoms. The number of carbonyl (C=O) groups is 2. The van der Waals surface area contributed by atoms with Crippen molar-refractivity contribution in [3.8, 4) is 0 Å². The summed E-state index contributed by atoms with van der Waals surface area (Å²) in [5, 5.41) is 10.5. The second-order valence-electron chi connectivity index (χ2n) is 6.20. The Bertz CT molecular complexity index is 524. The average Bonchev–Trinajstić information content (AvgIpc) is 2.79. The van der Waals surface area contributed by atoms with E-state index in [0.29, 0.717) is 12.8 Å². The van der Waals surface area contributed by atoms with Gasteiger partial charge >= 0.3 is 11.9 Å². The van der Waals surface area contributed by atoms with Gasteiger partial charge in [-0.1, -0.05) is 6.08 Å². The van der Waals surface area contributed by atoms with Crippen molar-refractivity contribution in [2.24, 2.45) is 17.8 Å². The average molecular weight is 326 g/mol. The van der Waals surface area contributed by atoms with Crippen molar-refractivity contribution in [2.75, 3.05) is 11.5 Å². The van der Waals surface area contributed by atoms with E-state index in [1.807, 2.05) is 23.5 Å². The van der Waals surface area contributed by atoms with Gasteiger partial charge in [0.2, 0.25) is 0 Å². The zero-order chi connectivity index (χ0) is 14.6. The quantitative estimate of drug-likeness (QED) is 0.417. The molecule has 1 saturated carbocycles. The molecule has 0 aromatic rings. The van der Waals surface area contributed by atoms with E-state index in [4.69, 9.17) is 4.74 Å². The monoisotopic (exact) mass is 326 g/mol. The number of fused-ring (bicyclic) bond motifs is 4. The highest BCUT2D eigenvalue weighted by atomic mass is 32.2. The summed E-state index contributed by atoms with van der Waals surface area (Å²) in [6.07, 6.45) is 5.04. The summed E-state index contributed by atoms with van der Waals surface area (Å²) < 4.78 is 4.86. The van der Waals surface area contributed by atoms with E-state index in [0.717, 1.165) is 17.9 Å². The molecule has 4 nitrogen and oxygen atoms in total. The molecule has 2 aliphatic carbocycles. The lowest BCUT2D eigenvalue weighted by Crippen LogP contribution is -2.48. The molecule has 0 amide bonds. The van der Waals surface area contributed by atoms with Crippen LogP contribution in [0.15, 0.2) is 11.6 Å². The SMILES string of the molecule is O=C1OC(=O)[C@H]2CC=C3[C@H]([C@@H]12)[C@H](O)CCC31SCCCS1. The summed E-state index contributed by atoms with van der Waals surface area (Å²) in [5.41, 5.74) is 1.20. The van der Waals surface area contributed by atoms with Crippen molar-refractivity contribution in [1.29, 1.82) is 0 Å². The highest BCUT2D eigenvalue weighted by molar-refractivity contribution is 8.19. The van der Waals surface area contributed by atoms with Crippen LogP contribution in [0.5, 0.6) is 0 Å². The molecular formula is C15H18O4S2. The number of hydrogen-bond donors (Lipinski definition) is 1. The first kappa shape index (κ1) is 14.2. The van der Waals surface area contributed by atoms with Gasteiger partial charge in [-0.15, -0.1) is 23.5 Å². The summed E-state index contributed by atoms with van der Waals surface area (Å²) in [7, 11) is 0. The number of ether oxygens (including phenoxy) is 1. The van der Waals surface area contributed by atoms with E-state index in [-0.39, 0.29) is 15.9 Å². The number of thioether (sulfide) groups is 2. The number of aliphatic hydroxyl groups excluding tert-OH is 1. The maximum Gasteiger partial charge on any atom is 0.318 e. The van der Waals surface area contributed by atoms with Gasteiger partial charge in [0.1, 0.15) is 0 Å². The summed E-state index contributed by atoms with van der Waals surface area (Å²) >= 11 is 3.91. The number of esters is 2. The maximum atomic E-state index is 12.1. The predicted molar refractivity (Wildman–Crippen MR) is 81.8 cm³/mol. The minimum atomic E-state index is -0.531. The maximum absolute atomic E-state index is 12.1. The minimum absolute atomic E-state index is 0.0129. The van der Waals surface area contributed by atoms with Crippen LogP contribution in [0, 0.1) is 17.8 Å². The molecule has 2 aliphatic heterocycles. The largest absolute Gasteiger partial charge is 0.393 e. The molecule has 0 unspecified atom stereocenters. The van der Waals surface area contributed by atoms with Crippen molar-refractivity contribution in [3.05, 3.63) is 11.6 Å². The molecule has 3 fully saturated rings. The first-order valence-electron chi connectivity index (χ1n) is 7.54.